The largest absolute Gasteiger partial charge is 0.324 e. The quantitative estimate of drug-likeness (QED) is 0.366. The number of rotatable bonds is 3. The standard InChI is InChI=1S/C10H10N2O6S2/c11-12-6-4-8-7(10(5-6)20(16,17)18)2-1-3-9(8)19(13,14)15/h1-5,12H,11H2,(H,13,14,15)(H,16,17,18). The van der Waals surface area contributed by atoms with Crippen LogP contribution in [0, 0.1) is 0 Å². The smallest absolute Gasteiger partial charge is 0.295 e. The molecular formula is C10H10N2O6S2. The Morgan fingerprint density at radius 1 is 0.900 bits per heavy atom. The van der Waals surface area contributed by atoms with Crippen molar-refractivity contribution in [3.63, 3.8) is 0 Å². The zero-order valence-electron chi connectivity index (χ0n) is 9.81. The Balaban J connectivity index is 3.05. The van der Waals surface area contributed by atoms with E-state index in [2.05, 4.69) is 5.43 Å². The van der Waals surface area contributed by atoms with Gasteiger partial charge in [-0.1, -0.05) is 12.1 Å². The van der Waals surface area contributed by atoms with E-state index < -0.39 is 30.0 Å². The Kier molecular flexibility index (Phi) is 3.44. The van der Waals surface area contributed by atoms with Gasteiger partial charge in [0.2, 0.25) is 0 Å². The molecule has 2 aromatic rings. The van der Waals surface area contributed by atoms with E-state index in [9.17, 15) is 21.4 Å². The Bertz CT molecular complexity index is 889. The predicted molar refractivity (Wildman–Crippen MR) is 71.4 cm³/mol. The fraction of sp³-hybridized carbons (Fsp3) is 0. The van der Waals surface area contributed by atoms with Crippen LogP contribution in [0.2, 0.25) is 0 Å². The molecule has 0 aliphatic rings. The highest BCUT2D eigenvalue weighted by atomic mass is 32.2. The van der Waals surface area contributed by atoms with Crippen LogP contribution < -0.4 is 11.3 Å². The molecule has 0 aromatic heterocycles. The van der Waals surface area contributed by atoms with Gasteiger partial charge in [0.05, 0.1) is 5.69 Å². The summed E-state index contributed by atoms with van der Waals surface area (Å²) < 4.78 is 63.6. The van der Waals surface area contributed by atoms with Crippen LogP contribution in [0.1, 0.15) is 0 Å². The van der Waals surface area contributed by atoms with E-state index in [4.69, 9.17) is 10.4 Å². The van der Waals surface area contributed by atoms with Gasteiger partial charge in [0, 0.05) is 10.8 Å². The van der Waals surface area contributed by atoms with E-state index in [-0.39, 0.29) is 16.5 Å². The Morgan fingerprint density at radius 3 is 2.00 bits per heavy atom. The summed E-state index contributed by atoms with van der Waals surface area (Å²) in [5.41, 5.74) is 2.21. The van der Waals surface area contributed by atoms with E-state index in [1.807, 2.05) is 0 Å². The molecule has 20 heavy (non-hydrogen) atoms. The van der Waals surface area contributed by atoms with Gasteiger partial charge < -0.3 is 5.43 Å². The number of hydrogen-bond donors (Lipinski definition) is 4. The summed E-state index contributed by atoms with van der Waals surface area (Å²) in [5, 5.41) is -0.139. The highest BCUT2D eigenvalue weighted by molar-refractivity contribution is 7.86. The maximum atomic E-state index is 11.4. The van der Waals surface area contributed by atoms with Crippen LogP contribution in [0.3, 0.4) is 0 Å². The SMILES string of the molecule is NNc1cc(S(=O)(=O)O)c2cccc(S(=O)(=O)O)c2c1. The van der Waals surface area contributed by atoms with Gasteiger partial charge in [0.1, 0.15) is 9.79 Å². The van der Waals surface area contributed by atoms with Crippen LogP contribution in [0.4, 0.5) is 5.69 Å². The summed E-state index contributed by atoms with van der Waals surface area (Å²) in [4.78, 5) is -1.01. The molecule has 0 spiro atoms. The van der Waals surface area contributed by atoms with Crippen molar-refractivity contribution >= 4 is 36.7 Å². The van der Waals surface area contributed by atoms with Gasteiger partial charge in [-0.05, 0) is 18.2 Å². The lowest BCUT2D eigenvalue weighted by molar-refractivity contribution is 0.481. The molecule has 0 saturated carbocycles. The monoisotopic (exact) mass is 318 g/mol. The molecule has 10 heteroatoms. The molecule has 0 saturated heterocycles. The van der Waals surface area contributed by atoms with Crippen molar-refractivity contribution in [2.24, 2.45) is 5.84 Å². The molecule has 2 rings (SSSR count). The molecule has 0 heterocycles. The Labute approximate surface area is 114 Å². The maximum absolute atomic E-state index is 11.4. The number of benzene rings is 2. The molecule has 108 valence electrons. The number of nitrogen functional groups attached to an aromatic ring is 1. The summed E-state index contributed by atoms with van der Waals surface area (Å²) in [7, 11) is -9.16. The van der Waals surface area contributed by atoms with Gasteiger partial charge in [0.25, 0.3) is 20.2 Å². The second-order valence-corrected chi connectivity index (χ2v) is 6.70. The molecule has 0 atom stereocenters. The molecule has 0 unspecified atom stereocenters. The Hall–Kier alpha value is -1.72. The number of hydrazine groups is 1. The summed E-state index contributed by atoms with van der Waals surface area (Å²) in [6.07, 6.45) is 0. The predicted octanol–water partition coefficient (Wildman–Crippen LogP) is 0.619. The van der Waals surface area contributed by atoms with Gasteiger partial charge in [-0.2, -0.15) is 16.8 Å². The fourth-order valence-electron chi connectivity index (χ4n) is 1.85. The zero-order chi connectivity index (χ0) is 15.1. The summed E-state index contributed by atoms with van der Waals surface area (Å²) in [6.45, 7) is 0. The van der Waals surface area contributed by atoms with E-state index in [1.54, 1.807) is 0 Å². The van der Waals surface area contributed by atoms with Gasteiger partial charge in [-0.25, -0.2) is 0 Å². The first-order valence-corrected chi connectivity index (χ1v) is 8.01. The van der Waals surface area contributed by atoms with Crippen molar-refractivity contribution in [3.05, 3.63) is 30.3 Å². The van der Waals surface area contributed by atoms with Crippen LogP contribution in [-0.2, 0) is 20.2 Å². The zero-order valence-corrected chi connectivity index (χ0v) is 11.4. The molecule has 2 aromatic carbocycles. The van der Waals surface area contributed by atoms with Gasteiger partial charge in [-0.15, -0.1) is 0 Å². The molecule has 0 bridgehead atoms. The van der Waals surface area contributed by atoms with Crippen molar-refractivity contribution in [2.45, 2.75) is 9.79 Å². The number of nitrogens with two attached hydrogens (primary N) is 1. The molecule has 0 radical (unpaired) electrons. The molecule has 5 N–H and O–H groups in total. The summed E-state index contributed by atoms with van der Waals surface area (Å²) >= 11 is 0. The van der Waals surface area contributed by atoms with Crippen molar-refractivity contribution in [1.29, 1.82) is 0 Å². The fourth-order valence-corrected chi connectivity index (χ4v) is 3.27. The maximum Gasteiger partial charge on any atom is 0.295 e. The van der Waals surface area contributed by atoms with Crippen molar-refractivity contribution in [1.82, 2.24) is 0 Å². The first kappa shape index (κ1) is 14.7. The average molecular weight is 318 g/mol. The minimum Gasteiger partial charge on any atom is -0.324 e. The minimum absolute atomic E-state index is 0.0541. The highest BCUT2D eigenvalue weighted by Gasteiger charge is 2.20. The van der Waals surface area contributed by atoms with Crippen LogP contribution in [0.5, 0.6) is 0 Å². The number of anilines is 1. The van der Waals surface area contributed by atoms with Crippen molar-refractivity contribution in [2.75, 3.05) is 5.43 Å². The Morgan fingerprint density at radius 2 is 1.50 bits per heavy atom. The van der Waals surface area contributed by atoms with Crippen molar-refractivity contribution < 1.29 is 25.9 Å². The molecular weight excluding hydrogens is 308 g/mol. The first-order valence-electron chi connectivity index (χ1n) is 5.13. The van der Waals surface area contributed by atoms with Crippen LogP contribution >= 0.6 is 0 Å². The second-order valence-electron chi connectivity index (χ2n) is 3.92. The van der Waals surface area contributed by atoms with E-state index >= 15 is 0 Å². The lowest BCUT2D eigenvalue weighted by Crippen LogP contribution is -2.09. The number of fused-ring (bicyclic) bond motifs is 1. The third-order valence-corrected chi connectivity index (χ3v) is 4.45. The van der Waals surface area contributed by atoms with Gasteiger partial charge >= 0.3 is 0 Å². The van der Waals surface area contributed by atoms with Gasteiger partial charge in [-0.3, -0.25) is 14.9 Å². The third-order valence-electron chi connectivity index (χ3n) is 2.64. The molecule has 0 amide bonds. The normalized spacial score (nSPS) is 12.6. The lowest BCUT2D eigenvalue weighted by Gasteiger charge is -2.10. The molecule has 8 nitrogen and oxygen atoms in total. The van der Waals surface area contributed by atoms with Crippen LogP contribution in [0.25, 0.3) is 10.8 Å². The number of nitrogens with one attached hydrogen (secondary N) is 1. The third kappa shape index (κ3) is 2.59. The van der Waals surface area contributed by atoms with Crippen molar-refractivity contribution in [3.8, 4) is 0 Å². The first-order chi connectivity index (χ1) is 9.14. The summed E-state index contributed by atoms with van der Waals surface area (Å²) in [6, 6.07) is 5.94. The molecule has 0 aliphatic carbocycles. The summed E-state index contributed by atoms with van der Waals surface area (Å²) in [5.74, 6) is 5.17. The minimum atomic E-state index is -4.60. The van der Waals surface area contributed by atoms with Gasteiger partial charge in [0.15, 0.2) is 0 Å². The van der Waals surface area contributed by atoms with E-state index in [0.29, 0.717) is 0 Å². The second kappa shape index (κ2) is 4.68. The lowest BCUT2D eigenvalue weighted by atomic mass is 10.1. The molecule has 0 fully saturated rings. The van der Waals surface area contributed by atoms with Crippen LogP contribution in [0.15, 0.2) is 40.1 Å². The topological polar surface area (TPSA) is 147 Å². The number of hydrogen-bond acceptors (Lipinski definition) is 6. The van der Waals surface area contributed by atoms with Crippen LogP contribution in [-0.4, -0.2) is 25.9 Å². The molecule has 0 aliphatic heterocycles. The average Bonchev–Trinajstić information content (AvgIpc) is 2.34. The van der Waals surface area contributed by atoms with E-state index in [1.165, 1.54) is 18.2 Å². The van der Waals surface area contributed by atoms with E-state index in [0.717, 1.165) is 12.1 Å². The highest BCUT2D eigenvalue weighted by Crippen LogP contribution is 2.31.